The third kappa shape index (κ3) is 2.71. The van der Waals surface area contributed by atoms with E-state index in [-0.39, 0.29) is 23.4 Å². The number of carbonyl (C=O) groups excluding carboxylic acids is 1. The van der Waals surface area contributed by atoms with Gasteiger partial charge in [-0.25, -0.2) is 0 Å². The molecule has 0 radical (unpaired) electrons. The van der Waals surface area contributed by atoms with E-state index in [2.05, 4.69) is 55.4 Å². The van der Waals surface area contributed by atoms with E-state index in [1.807, 2.05) is 12.2 Å². The van der Waals surface area contributed by atoms with Crippen LogP contribution in [0.1, 0.15) is 42.0 Å². The maximum absolute atomic E-state index is 13.2. The molecule has 3 rings (SSSR count). The molecule has 1 amide bonds. The number of fused-ring (bicyclic) bond motifs is 1. The van der Waals surface area contributed by atoms with Crippen molar-refractivity contribution in [3.63, 3.8) is 0 Å². The molecule has 24 heavy (non-hydrogen) atoms. The van der Waals surface area contributed by atoms with Gasteiger partial charge in [-0.1, -0.05) is 35.9 Å². The van der Waals surface area contributed by atoms with Crippen LogP contribution in [0, 0.1) is 19.3 Å². The molecule has 2 atom stereocenters. The molecule has 0 bridgehead atoms. The Kier molecular flexibility index (Phi) is 4.64. The Morgan fingerprint density at radius 3 is 2.67 bits per heavy atom. The Balaban J connectivity index is 1.98. The fourth-order valence-corrected chi connectivity index (χ4v) is 4.48. The second-order valence-corrected chi connectivity index (χ2v) is 7.33. The van der Waals surface area contributed by atoms with E-state index in [0.29, 0.717) is 0 Å². The fourth-order valence-electron chi connectivity index (χ4n) is 4.48. The Morgan fingerprint density at radius 2 is 2.00 bits per heavy atom. The standard InChI is InChI=1S/C21H28N2O/c1-5-9-21(10-6-2)14-18-19(22-11-12-23(18)20(21)24)17-13-15(3)7-8-16(17)4/h5-8,13,18-19,22H,1-2,9-12,14H2,3-4H3/t18-,19-/m0/s1. The maximum atomic E-state index is 13.2. The lowest BCUT2D eigenvalue weighted by Crippen LogP contribution is -2.51. The summed E-state index contributed by atoms with van der Waals surface area (Å²) in [4.78, 5) is 15.3. The highest BCUT2D eigenvalue weighted by molar-refractivity contribution is 5.86. The number of piperazine rings is 1. The molecule has 1 N–H and O–H groups in total. The van der Waals surface area contributed by atoms with Crippen LogP contribution in [0.25, 0.3) is 0 Å². The highest BCUT2D eigenvalue weighted by Gasteiger charge is 2.53. The van der Waals surface area contributed by atoms with Crippen molar-refractivity contribution >= 4 is 5.91 Å². The summed E-state index contributed by atoms with van der Waals surface area (Å²) in [6.45, 7) is 13.7. The molecule has 128 valence electrons. The number of nitrogens with zero attached hydrogens (tertiary/aromatic N) is 1. The molecular formula is C21H28N2O. The summed E-state index contributed by atoms with van der Waals surface area (Å²) < 4.78 is 0. The van der Waals surface area contributed by atoms with Crippen LogP contribution in [0.3, 0.4) is 0 Å². The average molecular weight is 324 g/mol. The van der Waals surface area contributed by atoms with E-state index in [9.17, 15) is 4.79 Å². The van der Waals surface area contributed by atoms with E-state index in [1.165, 1.54) is 16.7 Å². The Morgan fingerprint density at radius 1 is 1.29 bits per heavy atom. The average Bonchev–Trinajstić information content (AvgIpc) is 2.83. The number of rotatable bonds is 5. The van der Waals surface area contributed by atoms with Gasteiger partial charge in [0.25, 0.3) is 0 Å². The van der Waals surface area contributed by atoms with Gasteiger partial charge in [0.2, 0.25) is 5.91 Å². The molecule has 0 aromatic heterocycles. The SMILES string of the molecule is C=CCC1(CC=C)C[C@H]2[C@H](c3cc(C)ccc3C)NCCN2C1=O. The fraction of sp³-hybridized carbons (Fsp3) is 0.476. The van der Waals surface area contributed by atoms with Crippen molar-refractivity contribution in [2.45, 2.75) is 45.2 Å². The number of carbonyl (C=O) groups is 1. The molecule has 0 saturated carbocycles. The Hall–Kier alpha value is -1.87. The predicted molar refractivity (Wildman–Crippen MR) is 98.8 cm³/mol. The van der Waals surface area contributed by atoms with Gasteiger partial charge in [-0.05, 0) is 44.2 Å². The Labute approximate surface area is 145 Å². The number of allylic oxidation sites excluding steroid dienone is 2. The summed E-state index contributed by atoms with van der Waals surface area (Å²) in [6.07, 6.45) is 6.10. The number of nitrogens with one attached hydrogen (secondary N) is 1. The van der Waals surface area contributed by atoms with Crippen molar-refractivity contribution in [1.82, 2.24) is 10.2 Å². The number of hydrogen-bond acceptors (Lipinski definition) is 2. The maximum Gasteiger partial charge on any atom is 0.229 e. The molecule has 0 spiro atoms. The molecule has 2 fully saturated rings. The molecule has 3 heteroatoms. The van der Waals surface area contributed by atoms with Gasteiger partial charge in [0.1, 0.15) is 0 Å². The number of amides is 1. The van der Waals surface area contributed by atoms with E-state index >= 15 is 0 Å². The number of aryl methyl sites for hydroxylation is 2. The molecular weight excluding hydrogens is 296 g/mol. The Bertz CT molecular complexity index is 654. The lowest BCUT2D eigenvalue weighted by molar-refractivity contribution is -0.137. The second kappa shape index (κ2) is 6.56. The van der Waals surface area contributed by atoms with Crippen LogP contribution in [-0.2, 0) is 4.79 Å². The summed E-state index contributed by atoms with van der Waals surface area (Å²) >= 11 is 0. The summed E-state index contributed by atoms with van der Waals surface area (Å²) in [5.74, 6) is 0.282. The summed E-state index contributed by atoms with van der Waals surface area (Å²) in [5, 5.41) is 3.67. The van der Waals surface area contributed by atoms with Gasteiger partial charge < -0.3 is 10.2 Å². The minimum absolute atomic E-state index is 0.208. The predicted octanol–water partition coefficient (Wildman–Crippen LogP) is 3.69. The minimum atomic E-state index is -0.351. The van der Waals surface area contributed by atoms with Gasteiger partial charge in [0, 0.05) is 13.1 Å². The van der Waals surface area contributed by atoms with E-state index in [0.717, 1.165) is 32.4 Å². The highest BCUT2D eigenvalue weighted by atomic mass is 16.2. The number of hydrogen-bond donors (Lipinski definition) is 1. The molecule has 1 aromatic rings. The zero-order valence-corrected chi connectivity index (χ0v) is 14.8. The van der Waals surface area contributed by atoms with Crippen molar-refractivity contribution in [2.24, 2.45) is 5.41 Å². The molecule has 2 saturated heterocycles. The molecule has 0 unspecified atom stereocenters. The zero-order chi connectivity index (χ0) is 17.3. The van der Waals surface area contributed by atoms with Crippen LogP contribution < -0.4 is 5.32 Å². The largest absolute Gasteiger partial charge is 0.336 e. The molecule has 2 heterocycles. The summed E-state index contributed by atoms with van der Waals surface area (Å²) in [6, 6.07) is 7.02. The first kappa shape index (κ1) is 17.0. The van der Waals surface area contributed by atoms with Crippen molar-refractivity contribution < 1.29 is 4.79 Å². The van der Waals surface area contributed by atoms with Crippen LogP contribution in [0.5, 0.6) is 0 Å². The first-order valence-electron chi connectivity index (χ1n) is 8.86. The third-order valence-electron chi connectivity index (χ3n) is 5.66. The van der Waals surface area contributed by atoms with Gasteiger partial charge in [-0.3, -0.25) is 4.79 Å². The number of benzene rings is 1. The van der Waals surface area contributed by atoms with Crippen molar-refractivity contribution in [3.8, 4) is 0 Å². The van der Waals surface area contributed by atoms with Crippen LogP contribution in [-0.4, -0.2) is 29.9 Å². The topological polar surface area (TPSA) is 32.3 Å². The second-order valence-electron chi connectivity index (χ2n) is 7.33. The van der Waals surface area contributed by atoms with Crippen LogP contribution >= 0.6 is 0 Å². The monoisotopic (exact) mass is 324 g/mol. The van der Waals surface area contributed by atoms with Gasteiger partial charge in [0.05, 0.1) is 17.5 Å². The van der Waals surface area contributed by atoms with Gasteiger partial charge in [-0.15, -0.1) is 13.2 Å². The van der Waals surface area contributed by atoms with E-state index in [1.54, 1.807) is 0 Å². The van der Waals surface area contributed by atoms with E-state index in [4.69, 9.17) is 0 Å². The molecule has 2 aliphatic heterocycles. The zero-order valence-electron chi connectivity index (χ0n) is 14.8. The van der Waals surface area contributed by atoms with Crippen LogP contribution in [0.15, 0.2) is 43.5 Å². The summed E-state index contributed by atoms with van der Waals surface area (Å²) in [5.41, 5.74) is 3.53. The molecule has 1 aromatic carbocycles. The van der Waals surface area contributed by atoms with Crippen LogP contribution in [0.4, 0.5) is 0 Å². The lowest BCUT2D eigenvalue weighted by Gasteiger charge is -2.38. The first-order chi connectivity index (χ1) is 11.5. The smallest absolute Gasteiger partial charge is 0.229 e. The molecule has 3 nitrogen and oxygen atoms in total. The summed E-state index contributed by atoms with van der Waals surface area (Å²) in [7, 11) is 0. The molecule has 0 aliphatic carbocycles. The highest BCUT2D eigenvalue weighted by Crippen LogP contribution is 2.47. The van der Waals surface area contributed by atoms with Gasteiger partial charge >= 0.3 is 0 Å². The normalized spacial score (nSPS) is 25.4. The molecule has 2 aliphatic rings. The minimum Gasteiger partial charge on any atom is -0.336 e. The van der Waals surface area contributed by atoms with Crippen molar-refractivity contribution in [3.05, 3.63) is 60.2 Å². The third-order valence-corrected chi connectivity index (χ3v) is 5.66. The van der Waals surface area contributed by atoms with Gasteiger partial charge in [-0.2, -0.15) is 0 Å². The van der Waals surface area contributed by atoms with Crippen molar-refractivity contribution in [2.75, 3.05) is 13.1 Å². The van der Waals surface area contributed by atoms with Crippen molar-refractivity contribution in [1.29, 1.82) is 0 Å². The van der Waals surface area contributed by atoms with E-state index < -0.39 is 0 Å². The van der Waals surface area contributed by atoms with Gasteiger partial charge in [0.15, 0.2) is 0 Å². The quantitative estimate of drug-likeness (QED) is 0.838. The first-order valence-corrected chi connectivity index (χ1v) is 8.86. The van der Waals surface area contributed by atoms with Crippen LogP contribution in [0.2, 0.25) is 0 Å². The lowest BCUT2D eigenvalue weighted by atomic mass is 9.77.